The maximum Gasteiger partial charge on any atom is 0.417 e. The minimum Gasteiger partial charge on any atom is -0.409 e. The van der Waals surface area contributed by atoms with Gasteiger partial charge in [-0.2, -0.15) is 13.2 Å². The number of imidazole rings is 1. The molecule has 0 aliphatic heterocycles. The molecule has 1 aromatic carbocycles. The number of benzene rings is 1. The summed E-state index contributed by atoms with van der Waals surface area (Å²) in [4.78, 5) is 4.11. The number of halogens is 3. The van der Waals surface area contributed by atoms with Gasteiger partial charge in [0.25, 0.3) is 0 Å². The third-order valence-corrected chi connectivity index (χ3v) is 3.00. The number of hydrogen-bond acceptors (Lipinski definition) is 3. The lowest BCUT2D eigenvalue weighted by Gasteiger charge is -2.14. The summed E-state index contributed by atoms with van der Waals surface area (Å²) in [6, 6.07) is 3.44. The predicted molar refractivity (Wildman–Crippen MR) is 70.5 cm³/mol. The van der Waals surface area contributed by atoms with Gasteiger partial charge >= 0.3 is 6.18 Å². The average molecular weight is 298 g/mol. The number of hydrogen-bond donors (Lipinski definition) is 2. The van der Waals surface area contributed by atoms with Crippen LogP contribution < -0.4 is 5.73 Å². The average Bonchev–Trinajstić information content (AvgIpc) is 2.93. The van der Waals surface area contributed by atoms with Gasteiger partial charge in [0, 0.05) is 30.1 Å². The van der Waals surface area contributed by atoms with Gasteiger partial charge in [0.15, 0.2) is 5.84 Å². The number of rotatable bonds is 3. The van der Waals surface area contributed by atoms with Crippen molar-refractivity contribution in [3.63, 3.8) is 0 Å². The van der Waals surface area contributed by atoms with Gasteiger partial charge in [0.1, 0.15) is 5.82 Å². The van der Waals surface area contributed by atoms with Crippen LogP contribution in [0.15, 0.2) is 35.7 Å². The molecule has 0 spiro atoms. The van der Waals surface area contributed by atoms with Crippen LogP contribution in [0, 0.1) is 0 Å². The molecule has 0 aliphatic rings. The van der Waals surface area contributed by atoms with E-state index < -0.39 is 17.6 Å². The van der Waals surface area contributed by atoms with E-state index in [1.165, 1.54) is 12.1 Å². The molecule has 0 fully saturated rings. The number of aryl methyl sites for hydroxylation is 1. The highest BCUT2D eigenvalue weighted by atomic mass is 19.4. The summed E-state index contributed by atoms with van der Waals surface area (Å²) in [5, 5.41) is 11.3. The van der Waals surface area contributed by atoms with Crippen molar-refractivity contribution >= 4 is 5.84 Å². The summed E-state index contributed by atoms with van der Waals surface area (Å²) < 4.78 is 40.5. The Morgan fingerprint density at radius 2 is 2.14 bits per heavy atom. The molecule has 0 radical (unpaired) electrons. The molecular weight excluding hydrogens is 285 g/mol. The second-order valence-corrected chi connectivity index (χ2v) is 4.28. The first-order chi connectivity index (χ1) is 9.88. The second kappa shape index (κ2) is 5.47. The fourth-order valence-corrected chi connectivity index (χ4v) is 2.03. The molecule has 8 heteroatoms. The zero-order chi connectivity index (χ0) is 15.6. The van der Waals surface area contributed by atoms with Gasteiger partial charge in [0.2, 0.25) is 0 Å². The quantitative estimate of drug-likeness (QED) is 0.396. The number of nitrogens with two attached hydrogens (primary N) is 1. The molecule has 112 valence electrons. The van der Waals surface area contributed by atoms with Crippen LogP contribution in [-0.2, 0) is 12.6 Å². The first kappa shape index (κ1) is 14.9. The summed E-state index contributed by atoms with van der Waals surface area (Å²) in [7, 11) is 0. The lowest BCUT2D eigenvalue weighted by Crippen LogP contribution is -2.20. The SMILES string of the molecule is CCc1nccn1-c1ccc(C(F)(F)F)c(/C(N)=N/O)c1. The molecule has 2 rings (SSSR count). The molecule has 0 atom stereocenters. The topological polar surface area (TPSA) is 76.4 Å². The molecule has 3 N–H and O–H groups in total. The van der Waals surface area contributed by atoms with Crippen molar-refractivity contribution in [1.29, 1.82) is 0 Å². The monoisotopic (exact) mass is 298 g/mol. The van der Waals surface area contributed by atoms with E-state index >= 15 is 0 Å². The smallest absolute Gasteiger partial charge is 0.409 e. The number of nitrogens with zero attached hydrogens (tertiary/aromatic N) is 3. The maximum atomic E-state index is 13.0. The normalized spacial score (nSPS) is 12.7. The Hall–Kier alpha value is -2.51. The standard InChI is InChI=1S/C13H13F3N4O/c1-2-11-18-5-6-20(11)8-3-4-10(13(14,15)16)9(7-8)12(17)19-21/h3-7,21H,2H2,1H3,(H2,17,19). The van der Waals surface area contributed by atoms with E-state index in [0.717, 1.165) is 6.07 Å². The van der Waals surface area contributed by atoms with Gasteiger partial charge in [-0.05, 0) is 18.2 Å². The Labute approximate surface area is 118 Å². The van der Waals surface area contributed by atoms with Crippen molar-refractivity contribution < 1.29 is 18.4 Å². The molecule has 21 heavy (non-hydrogen) atoms. The van der Waals surface area contributed by atoms with Gasteiger partial charge < -0.3 is 15.5 Å². The molecular formula is C13H13F3N4O. The number of alkyl halides is 3. The summed E-state index contributed by atoms with van der Waals surface area (Å²) in [5.74, 6) is 0.0996. The van der Waals surface area contributed by atoms with Gasteiger partial charge in [-0.1, -0.05) is 12.1 Å². The van der Waals surface area contributed by atoms with E-state index in [2.05, 4.69) is 10.1 Å². The van der Waals surface area contributed by atoms with E-state index in [9.17, 15) is 13.2 Å². The lowest BCUT2D eigenvalue weighted by atomic mass is 10.0. The Morgan fingerprint density at radius 3 is 2.71 bits per heavy atom. The molecule has 1 aromatic heterocycles. The highest BCUT2D eigenvalue weighted by molar-refractivity contribution is 5.99. The molecule has 0 unspecified atom stereocenters. The second-order valence-electron chi connectivity index (χ2n) is 4.28. The Bertz CT molecular complexity index is 676. The molecule has 2 aromatic rings. The third kappa shape index (κ3) is 2.83. The van der Waals surface area contributed by atoms with Gasteiger partial charge in [-0.3, -0.25) is 0 Å². The van der Waals surface area contributed by atoms with Crippen molar-refractivity contribution in [1.82, 2.24) is 9.55 Å². The minimum atomic E-state index is -4.59. The molecule has 5 nitrogen and oxygen atoms in total. The maximum absolute atomic E-state index is 13.0. The van der Waals surface area contributed by atoms with Crippen molar-refractivity contribution in [2.24, 2.45) is 10.9 Å². The summed E-state index contributed by atoms with van der Waals surface area (Å²) in [6.45, 7) is 1.88. The van der Waals surface area contributed by atoms with E-state index in [-0.39, 0.29) is 5.56 Å². The fourth-order valence-electron chi connectivity index (χ4n) is 2.03. The zero-order valence-electron chi connectivity index (χ0n) is 11.1. The van der Waals surface area contributed by atoms with E-state index in [1.54, 1.807) is 17.0 Å². The lowest BCUT2D eigenvalue weighted by molar-refractivity contribution is -0.137. The Morgan fingerprint density at radius 1 is 1.43 bits per heavy atom. The van der Waals surface area contributed by atoms with Crippen LogP contribution in [-0.4, -0.2) is 20.6 Å². The number of oxime groups is 1. The van der Waals surface area contributed by atoms with Crippen LogP contribution >= 0.6 is 0 Å². The summed E-state index contributed by atoms with van der Waals surface area (Å²) in [6.07, 6.45) is -0.782. The van der Waals surface area contributed by atoms with Gasteiger partial charge in [0.05, 0.1) is 5.56 Å². The molecule has 0 bridgehead atoms. The number of amidine groups is 1. The Kier molecular flexibility index (Phi) is 3.88. The first-order valence-electron chi connectivity index (χ1n) is 6.10. The highest BCUT2D eigenvalue weighted by Gasteiger charge is 2.34. The first-order valence-corrected chi connectivity index (χ1v) is 6.10. The summed E-state index contributed by atoms with van der Waals surface area (Å²) >= 11 is 0. The zero-order valence-corrected chi connectivity index (χ0v) is 11.1. The minimum absolute atomic E-state index is 0.377. The fraction of sp³-hybridized carbons (Fsp3) is 0.231. The van der Waals surface area contributed by atoms with E-state index in [1.807, 2.05) is 6.92 Å². The van der Waals surface area contributed by atoms with Crippen molar-refractivity contribution in [3.05, 3.63) is 47.5 Å². The van der Waals surface area contributed by atoms with E-state index in [4.69, 9.17) is 10.9 Å². The third-order valence-electron chi connectivity index (χ3n) is 3.00. The van der Waals surface area contributed by atoms with Crippen LogP contribution in [0.25, 0.3) is 5.69 Å². The predicted octanol–water partition coefficient (Wildman–Crippen LogP) is 2.55. The molecule has 0 aliphatic carbocycles. The van der Waals surface area contributed by atoms with Crippen LogP contribution in [0.1, 0.15) is 23.9 Å². The van der Waals surface area contributed by atoms with Gasteiger partial charge in [-0.15, -0.1) is 0 Å². The molecule has 0 saturated carbocycles. The highest BCUT2D eigenvalue weighted by Crippen LogP contribution is 2.33. The molecule has 0 amide bonds. The van der Waals surface area contributed by atoms with Gasteiger partial charge in [-0.25, -0.2) is 4.98 Å². The van der Waals surface area contributed by atoms with Crippen LogP contribution in [0.4, 0.5) is 13.2 Å². The van der Waals surface area contributed by atoms with Crippen LogP contribution in [0.5, 0.6) is 0 Å². The van der Waals surface area contributed by atoms with Crippen LogP contribution in [0.2, 0.25) is 0 Å². The van der Waals surface area contributed by atoms with Crippen LogP contribution in [0.3, 0.4) is 0 Å². The van der Waals surface area contributed by atoms with E-state index in [0.29, 0.717) is 17.9 Å². The molecule has 0 saturated heterocycles. The van der Waals surface area contributed by atoms with Crippen molar-refractivity contribution in [2.75, 3.05) is 0 Å². The largest absolute Gasteiger partial charge is 0.417 e. The molecule has 1 heterocycles. The van der Waals surface area contributed by atoms with Crippen molar-refractivity contribution in [3.8, 4) is 5.69 Å². The summed E-state index contributed by atoms with van der Waals surface area (Å²) in [5.41, 5.74) is 4.48. The number of aromatic nitrogens is 2. The van der Waals surface area contributed by atoms with Crippen molar-refractivity contribution in [2.45, 2.75) is 19.5 Å². The Balaban J connectivity index is 2.63.